The van der Waals surface area contributed by atoms with Crippen molar-refractivity contribution in [1.82, 2.24) is 9.97 Å². The van der Waals surface area contributed by atoms with E-state index in [1.165, 1.54) is 0 Å². The first-order valence-electron chi connectivity index (χ1n) is 5.01. The van der Waals surface area contributed by atoms with Crippen LogP contribution in [0.3, 0.4) is 0 Å². The molecule has 0 saturated carbocycles. The second kappa shape index (κ2) is 3.36. The van der Waals surface area contributed by atoms with Crippen LogP contribution < -0.4 is 0 Å². The highest BCUT2D eigenvalue weighted by molar-refractivity contribution is 6.05. The number of aromatic nitrogens is 2. The monoisotopic (exact) mass is 208 g/mol. The summed E-state index contributed by atoms with van der Waals surface area (Å²) in [5.41, 5.74) is 13.2. The fourth-order valence-electron chi connectivity index (χ4n) is 1.99. The maximum atomic E-state index is 9.00. The molecule has 0 unspecified atom stereocenters. The van der Waals surface area contributed by atoms with Crippen LogP contribution in [0.25, 0.3) is 16.9 Å². The molecule has 0 aromatic carbocycles. The molecule has 0 aliphatic heterocycles. The third-order valence-electron chi connectivity index (χ3n) is 2.71. The summed E-state index contributed by atoms with van der Waals surface area (Å²) in [6.07, 6.45) is 4.06. The molecule has 0 bridgehead atoms. The Bertz CT molecular complexity index is 612. The normalized spacial score (nSPS) is 12.6. The number of rotatable bonds is 0. The number of hydrogen-bond donors (Lipinski definition) is 0. The van der Waals surface area contributed by atoms with Crippen LogP contribution in [-0.2, 0) is 6.42 Å². The van der Waals surface area contributed by atoms with Gasteiger partial charge in [0.25, 0.3) is 0 Å². The lowest BCUT2D eigenvalue weighted by molar-refractivity contribution is -0.00629. The van der Waals surface area contributed by atoms with E-state index in [-0.39, 0.29) is 0 Å². The third kappa shape index (κ3) is 1.17. The van der Waals surface area contributed by atoms with E-state index in [4.69, 9.17) is 5.53 Å². The minimum Gasteiger partial charge on any atom is -0.361 e. The lowest BCUT2D eigenvalue weighted by Crippen LogP contribution is -2.16. The Morgan fingerprint density at radius 1 is 1.06 bits per heavy atom. The van der Waals surface area contributed by atoms with Gasteiger partial charge < -0.3 is 5.53 Å². The SMILES string of the molecule is [N-]=[N+]=C1Cc2cccnc2-c2ncccc21. The van der Waals surface area contributed by atoms with Gasteiger partial charge in [-0.25, -0.2) is 0 Å². The largest absolute Gasteiger partial charge is 0.361 e. The van der Waals surface area contributed by atoms with E-state index in [1.54, 1.807) is 12.4 Å². The second-order valence-corrected chi connectivity index (χ2v) is 3.63. The van der Waals surface area contributed by atoms with Crippen molar-refractivity contribution < 1.29 is 4.79 Å². The van der Waals surface area contributed by atoms with Gasteiger partial charge in [-0.1, -0.05) is 6.07 Å². The number of nitrogens with zero attached hydrogens (tertiary/aromatic N) is 4. The summed E-state index contributed by atoms with van der Waals surface area (Å²) in [5.74, 6) is 0. The molecule has 0 spiro atoms. The molecule has 1 aliphatic rings. The summed E-state index contributed by atoms with van der Waals surface area (Å²) in [7, 11) is 0. The molecule has 0 saturated heterocycles. The first kappa shape index (κ1) is 8.95. The van der Waals surface area contributed by atoms with Gasteiger partial charge in [0.1, 0.15) is 5.69 Å². The van der Waals surface area contributed by atoms with Gasteiger partial charge >= 0.3 is 5.71 Å². The van der Waals surface area contributed by atoms with Gasteiger partial charge in [-0.2, -0.15) is 4.79 Å². The van der Waals surface area contributed by atoms with E-state index >= 15 is 0 Å². The van der Waals surface area contributed by atoms with Gasteiger partial charge in [-0.05, 0) is 23.8 Å². The molecule has 0 radical (unpaired) electrons. The van der Waals surface area contributed by atoms with Crippen molar-refractivity contribution in [2.24, 2.45) is 0 Å². The van der Waals surface area contributed by atoms with Crippen LogP contribution in [0.1, 0.15) is 11.1 Å². The highest BCUT2D eigenvalue weighted by atomic mass is 14.9. The van der Waals surface area contributed by atoms with E-state index < -0.39 is 0 Å². The minimum atomic E-state index is 0.596. The van der Waals surface area contributed by atoms with Crippen LogP contribution in [0, 0.1) is 0 Å². The average molecular weight is 208 g/mol. The maximum Gasteiger partial charge on any atom is 0.305 e. The van der Waals surface area contributed by atoms with Crippen LogP contribution >= 0.6 is 0 Å². The zero-order chi connectivity index (χ0) is 11.0. The Balaban J connectivity index is 2.37. The van der Waals surface area contributed by atoms with Crippen LogP contribution in [-0.4, -0.2) is 20.5 Å². The number of hydrogen-bond acceptors (Lipinski definition) is 2. The Morgan fingerprint density at radius 3 is 2.62 bits per heavy atom. The maximum absolute atomic E-state index is 9.00. The molecule has 16 heavy (non-hydrogen) atoms. The van der Waals surface area contributed by atoms with Gasteiger partial charge in [0, 0.05) is 12.4 Å². The highest BCUT2D eigenvalue weighted by Crippen LogP contribution is 2.28. The van der Waals surface area contributed by atoms with Crippen molar-refractivity contribution in [2.75, 3.05) is 0 Å². The zero-order valence-electron chi connectivity index (χ0n) is 8.46. The summed E-state index contributed by atoms with van der Waals surface area (Å²) in [5, 5.41) is 0. The van der Waals surface area contributed by atoms with E-state index in [0.717, 1.165) is 22.5 Å². The van der Waals surface area contributed by atoms with Crippen LogP contribution in [0.2, 0.25) is 0 Å². The molecule has 4 heteroatoms. The van der Waals surface area contributed by atoms with E-state index in [9.17, 15) is 0 Å². The Hall–Kier alpha value is -2.32. The Labute approximate surface area is 92.2 Å². The van der Waals surface area contributed by atoms with Crippen molar-refractivity contribution in [3.63, 3.8) is 0 Å². The second-order valence-electron chi connectivity index (χ2n) is 3.63. The zero-order valence-corrected chi connectivity index (χ0v) is 8.46. The van der Waals surface area contributed by atoms with Crippen molar-refractivity contribution in [3.05, 3.63) is 53.3 Å². The molecule has 0 N–H and O–H groups in total. The number of fused-ring (bicyclic) bond motifs is 3. The van der Waals surface area contributed by atoms with Gasteiger partial charge in [-0.15, -0.1) is 0 Å². The topological polar surface area (TPSA) is 62.2 Å². The smallest absolute Gasteiger partial charge is 0.305 e. The first-order chi connectivity index (χ1) is 7.90. The average Bonchev–Trinajstić information content (AvgIpc) is 2.38. The third-order valence-corrected chi connectivity index (χ3v) is 2.71. The van der Waals surface area contributed by atoms with E-state index in [0.29, 0.717) is 12.1 Å². The van der Waals surface area contributed by atoms with Crippen LogP contribution in [0.15, 0.2) is 36.7 Å². The molecule has 0 fully saturated rings. The molecular formula is C12H8N4. The van der Waals surface area contributed by atoms with Crippen molar-refractivity contribution >= 4 is 5.71 Å². The fourth-order valence-corrected chi connectivity index (χ4v) is 1.99. The van der Waals surface area contributed by atoms with Crippen molar-refractivity contribution in [1.29, 1.82) is 0 Å². The lowest BCUT2D eigenvalue weighted by Gasteiger charge is -2.13. The molecule has 0 atom stereocenters. The molecule has 3 rings (SSSR count). The summed E-state index contributed by atoms with van der Waals surface area (Å²) in [6, 6.07) is 7.58. The lowest BCUT2D eigenvalue weighted by atomic mass is 9.91. The molecule has 1 aliphatic carbocycles. The summed E-state index contributed by atoms with van der Waals surface area (Å²) in [4.78, 5) is 12.0. The van der Waals surface area contributed by atoms with Gasteiger partial charge in [0.2, 0.25) is 0 Å². The predicted molar refractivity (Wildman–Crippen MR) is 58.9 cm³/mol. The Kier molecular flexibility index (Phi) is 1.88. The highest BCUT2D eigenvalue weighted by Gasteiger charge is 2.27. The molecule has 2 heterocycles. The van der Waals surface area contributed by atoms with Crippen LogP contribution in [0.5, 0.6) is 0 Å². The number of pyridine rings is 2. The van der Waals surface area contributed by atoms with Crippen molar-refractivity contribution in [2.45, 2.75) is 6.42 Å². The quantitative estimate of drug-likeness (QED) is 0.488. The standard InChI is InChI=1S/C12H8N4/c13-16-10-7-8-3-1-5-14-11(8)12-9(10)4-2-6-15-12/h1-6H,7H2. The van der Waals surface area contributed by atoms with E-state index in [1.807, 2.05) is 24.3 Å². The van der Waals surface area contributed by atoms with Crippen LogP contribution in [0.4, 0.5) is 0 Å². The summed E-state index contributed by atoms with van der Waals surface area (Å²) < 4.78 is 0. The van der Waals surface area contributed by atoms with E-state index in [2.05, 4.69) is 14.8 Å². The summed E-state index contributed by atoms with van der Waals surface area (Å²) in [6.45, 7) is 0. The van der Waals surface area contributed by atoms with Gasteiger partial charge in [0.05, 0.1) is 17.7 Å². The fraction of sp³-hybridized carbons (Fsp3) is 0.0833. The van der Waals surface area contributed by atoms with Gasteiger partial charge in [-0.3, -0.25) is 9.97 Å². The minimum absolute atomic E-state index is 0.596. The first-order valence-corrected chi connectivity index (χ1v) is 5.01. The molecule has 2 aromatic heterocycles. The molecule has 4 nitrogen and oxygen atoms in total. The Morgan fingerprint density at radius 2 is 1.81 bits per heavy atom. The molecule has 0 amide bonds. The van der Waals surface area contributed by atoms with Crippen molar-refractivity contribution in [3.8, 4) is 11.4 Å². The molecule has 2 aromatic rings. The van der Waals surface area contributed by atoms with Gasteiger partial charge in [0.15, 0.2) is 0 Å². The summed E-state index contributed by atoms with van der Waals surface area (Å²) >= 11 is 0. The predicted octanol–water partition coefficient (Wildman–Crippen LogP) is 1.72. The molecule has 76 valence electrons. The molecular weight excluding hydrogens is 200 g/mol.